The summed E-state index contributed by atoms with van der Waals surface area (Å²) in [7, 11) is 0.426. The van der Waals surface area contributed by atoms with Crippen molar-refractivity contribution in [3.8, 4) is 0 Å². The highest BCUT2D eigenvalue weighted by molar-refractivity contribution is 6.42. The lowest BCUT2D eigenvalue weighted by atomic mass is 9.98. The van der Waals surface area contributed by atoms with Crippen LogP contribution in [0.4, 0.5) is 30.7 Å². The molecule has 0 spiro atoms. The van der Waals surface area contributed by atoms with E-state index in [4.69, 9.17) is 23.2 Å². The number of halogens is 9. The maximum absolute atomic E-state index is 13.6. The summed E-state index contributed by atoms with van der Waals surface area (Å²) >= 11 is 11.5. The van der Waals surface area contributed by atoms with Crippen LogP contribution in [0.1, 0.15) is 41.4 Å². The molecule has 29 heavy (non-hydrogen) atoms. The van der Waals surface area contributed by atoms with Crippen molar-refractivity contribution < 1.29 is 49.9 Å². The molecule has 0 saturated carbocycles. The summed E-state index contributed by atoms with van der Waals surface area (Å²) in [6, 6.07) is 0. The molecule has 0 aromatic heterocycles. The molecule has 0 heterocycles. The number of carbonyl (C=O) groups excluding carboxylic acids is 4. The number of nitrogens with zero attached hydrogens (tertiary/aromatic N) is 1. The Morgan fingerprint density at radius 3 is 1.66 bits per heavy atom. The molecule has 1 amide bonds. The summed E-state index contributed by atoms with van der Waals surface area (Å²) in [6.45, 7) is -2.43. The SMILES string of the molecule is CN(CC(F)(F)C(F)(F)C(F)(F)F)C(=O)c1c(Cl)c(C=O)c(C=O)c(Cl)c1C=O. The highest BCUT2D eigenvalue weighted by Crippen LogP contribution is 2.47. The molecule has 0 unspecified atom stereocenters. The minimum Gasteiger partial charge on any atom is -0.335 e. The third-order valence-corrected chi connectivity index (χ3v) is 4.45. The second kappa shape index (κ2) is 8.27. The first kappa shape index (κ1) is 24.8. The Hall–Kier alpha value is -2.21. The molecule has 0 N–H and O–H groups in total. The van der Waals surface area contributed by atoms with Crippen LogP contribution in [0.5, 0.6) is 0 Å². The molecule has 0 saturated heterocycles. The first-order valence-electron chi connectivity index (χ1n) is 7.07. The number of hydrogen-bond acceptors (Lipinski definition) is 4. The Kier molecular flexibility index (Phi) is 7.08. The first-order valence-corrected chi connectivity index (χ1v) is 7.82. The lowest BCUT2D eigenvalue weighted by Crippen LogP contribution is -2.57. The van der Waals surface area contributed by atoms with Gasteiger partial charge in [-0.05, 0) is 0 Å². The number of hydrogen-bond donors (Lipinski definition) is 0. The van der Waals surface area contributed by atoms with E-state index >= 15 is 0 Å². The number of amides is 1. The summed E-state index contributed by atoms with van der Waals surface area (Å²) in [5.41, 5.74) is -3.23. The minimum absolute atomic E-state index is 0.000945. The Morgan fingerprint density at radius 2 is 1.28 bits per heavy atom. The van der Waals surface area contributed by atoms with Gasteiger partial charge in [-0.25, -0.2) is 0 Å². The normalized spacial score (nSPS) is 12.5. The van der Waals surface area contributed by atoms with E-state index in [2.05, 4.69) is 0 Å². The molecule has 0 fully saturated rings. The van der Waals surface area contributed by atoms with E-state index < -0.39 is 62.8 Å². The van der Waals surface area contributed by atoms with Crippen LogP contribution >= 0.6 is 23.2 Å². The van der Waals surface area contributed by atoms with Crippen molar-refractivity contribution in [1.82, 2.24) is 4.90 Å². The van der Waals surface area contributed by atoms with Crippen molar-refractivity contribution in [2.75, 3.05) is 13.6 Å². The fraction of sp³-hybridized carbons (Fsp3) is 0.333. The van der Waals surface area contributed by atoms with E-state index in [9.17, 15) is 49.9 Å². The number of aldehydes is 3. The van der Waals surface area contributed by atoms with Crippen molar-refractivity contribution in [2.45, 2.75) is 18.0 Å². The van der Waals surface area contributed by atoms with Gasteiger partial charge in [0.25, 0.3) is 5.91 Å². The van der Waals surface area contributed by atoms with E-state index in [1.807, 2.05) is 0 Å². The van der Waals surface area contributed by atoms with Crippen LogP contribution in [0.2, 0.25) is 10.0 Å². The highest BCUT2D eigenvalue weighted by Gasteiger charge is 2.73. The molecule has 1 aromatic carbocycles. The maximum Gasteiger partial charge on any atom is 0.459 e. The summed E-state index contributed by atoms with van der Waals surface area (Å²) in [4.78, 5) is 45.5. The monoisotopic (exact) mass is 469 g/mol. The Morgan fingerprint density at radius 1 is 0.862 bits per heavy atom. The Balaban J connectivity index is 3.53. The van der Waals surface area contributed by atoms with Crippen LogP contribution in [0.3, 0.4) is 0 Å². The van der Waals surface area contributed by atoms with Gasteiger partial charge >= 0.3 is 18.0 Å². The largest absolute Gasteiger partial charge is 0.459 e. The molecular formula is C15H8Cl2F7NO4. The van der Waals surface area contributed by atoms with Gasteiger partial charge in [0.1, 0.15) is 0 Å². The highest BCUT2D eigenvalue weighted by atomic mass is 35.5. The van der Waals surface area contributed by atoms with Crippen molar-refractivity contribution >= 4 is 48.0 Å². The van der Waals surface area contributed by atoms with E-state index in [0.29, 0.717) is 7.05 Å². The Bertz CT molecular complexity index is 871. The van der Waals surface area contributed by atoms with Crippen molar-refractivity contribution in [3.05, 3.63) is 32.3 Å². The number of benzene rings is 1. The van der Waals surface area contributed by atoms with Gasteiger partial charge in [-0.1, -0.05) is 23.2 Å². The standard InChI is InChI=1S/C15H8Cl2F7NO4/c1-25(5-13(18,19)14(20,21)15(22,23)24)12(29)9-8(4-28)10(16)6(2-26)7(3-27)11(9)17/h2-4H,5H2,1H3. The summed E-state index contributed by atoms with van der Waals surface area (Å²) in [5.74, 6) is -14.0. The molecule has 0 bridgehead atoms. The van der Waals surface area contributed by atoms with Gasteiger partial charge in [0.15, 0.2) is 18.9 Å². The molecule has 0 aliphatic carbocycles. The second-order valence-electron chi connectivity index (χ2n) is 5.54. The molecule has 14 heteroatoms. The number of alkyl halides is 7. The zero-order valence-electron chi connectivity index (χ0n) is 13.9. The maximum atomic E-state index is 13.6. The van der Waals surface area contributed by atoms with Crippen molar-refractivity contribution in [2.24, 2.45) is 0 Å². The second-order valence-corrected chi connectivity index (χ2v) is 6.29. The fourth-order valence-corrected chi connectivity index (χ4v) is 2.78. The van der Waals surface area contributed by atoms with Crippen LogP contribution in [-0.2, 0) is 0 Å². The average Bonchev–Trinajstić information content (AvgIpc) is 2.60. The van der Waals surface area contributed by atoms with Crippen molar-refractivity contribution in [3.63, 3.8) is 0 Å². The van der Waals surface area contributed by atoms with Gasteiger partial charge in [-0.15, -0.1) is 0 Å². The third kappa shape index (κ3) is 4.22. The van der Waals surface area contributed by atoms with E-state index in [1.54, 1.807) is 0 Å². The smallest absolute Gasteiger partial charge is 0.335 e. The van der Waals surface area contributed by atoms with E-state index in [0.717, 1.165) is 0 Å². The minimum atomic E-state index is -6.62. The number of rotatable bonds is 7. The molecule has 0 aliphatic rings. The van der Waals surface area contributed by atoms with Gasteiger partial charge in [0, 0.05) is 23.7 Å². The predicted octanol–water partition coefficient (Wildman–Crippen LogP) is 4.34. The fourth-order valence-electron chi connectivity index (χ4n) is 2.16. The zero-order valence-corrected chi connectivity index (χ0v) is 15.4. The molecule has 160 valence electrons. The van der Waals surface area contributed by atoms with Crippen LogP contribution in [-0.4, -0.2) is 61.3 Å². The molecule has 0 atom stereocenters. The van der Waals surface area contributed by atoms with E-state index in [-0.39, 0.29) is 23.8 Å². The lowest BCUT2D eigenvalue weighted by Gasteiger charge is -2.31. The van der Waals surface area contributed by atoms with Gasteiger partial charge in [-0.3, -0.25) is 19.2 Å². The van der Waals surface area contributed by atoms with Crippen molar-refractivity contribution in [1.29, 1.82) is 0 Å². The Labute approximate surface area is 167 Å². The zero-order chi connectivity index (χ0) is 22.9. The van der Waals surface area contributed by atoms with Gasteiger partial charge in [0.2, 0.25) is 0 Å². The molecule has 0 radical (unpaired) electrons. The first-order chi connectivity index (χ1) is 13.1. The average molecular weight is 470 g/mol. The molecule has 1 rings (SSSR count). The van der Waals surface area contributed by atoms with Gasteiger partial charge in [-0.2, -0.15) is 30.7 Å². The molecule has 5 nitrogen and oxygen atoms in total. The summed E-state index contributed by atoms with van der Waals surface area (Å²) in [5, 5.41) is -1.68. The molecule has 0 aliphatic heterocycles. The van der Waals surface area contributed by atoms with Crippen LogP contribution in [0.15, 0.2) is 0 Å². The van der Waals surface area contributed by atoms with Gasteiger partial charge in [0.05, 0.1) is 22.2 Å². The summed E-state index contributed by atoms with van der Waals surface area (Å²) in [6.07, 6.45) is -6.82. The third-order valence-electron chi connectivity index (χ3n) is 3.65. The van der Waals surface area contributed by atoms with Gasteiger partial charge < -0.3 is 4.90 Å². The quantitative estimate of drug-likeness (QED) is 0.440. The van der Waals surface area contributed by atoms with Crippen LogP contribution in [0, 0.1) is 0 Å². The molecule has 1 aromatic rings. The predicted molar refractivity (Wildman–Crippen MR) is 85.5 cm³/mol. The topological polar surface area (TPSA) is 71.5 Å². The van der Waals surface area contributed by atoms with Crippen LogP contribution < -0.4 is 0 Å². The number of carbonyl (C=O) groups is 4. The van der Waals surface area contributed by atoms with Crippen LogP contribution in [0.25, 0.3) is 0 Å². The summed E-state index contributed by atoms with van der Waals surface area (Å²) < 4.78 is 89.9. The van der Waals surface area contributed by atoms with E-state index in [1.165, 1.54) is 0 Å². The molecular weight excluding hydrogens is 462 g/mol. The lowest BCUT2D eigenvalue weighted by molar-refractivity contribution is -0.355.